The smallest absolute Gasteiger partial charge is 0.129 e. The van der Waals surface area contributed by atoms with Gasteiger partial charge in [0, 0.05) is 10.8 Å². The van der Waals surface area contributed by atoms with Crippen LogP contribution < -0.4 is 0 Å². The first-order valence-electron chi connectivity index (χ1n) is 7.47. The van der Waals surface area contributed by atoms with Gasteiger partial charge in [0.25, 0.3) is 0 Å². The minimum atomic E-state index is -1.05. The van der Waals surface area contributed by atoms with Gasteiger partial charge in [0.1, 0.15) is 17.8 Å². The molecule has 6 heteroatoms. The Morgan fingerprint density at radius 1 is 1.33 bits per heavy atom. The largest absolute Gasteiger partial charge is 0.396 e. The van der Waals surface area contributed by atoms with Crippen molar-refractivity contribution < 1.29 is 29.9 Å². The Hall–Kier alpha value is -0.500. The first kappa shape index (κ1) is 14.1. The molecule has 3 fully saturated rings. The minimum absolute atomic E-state index is 0.239. The lowest BCUT2D eigenvalue weighted by Crippen LogP contribution is -2.67. The van der Waals surface area contributed by atoms with Gasteiger partial charge < -0.3 is 29.9 Å². The lowest BCUT2D eigenvalue weighted by molar-refractivity contribution is -0.233. The highest BCUT2D eigenvalue weighted by molar-refractivity contribution is 5.35. The highest BCUT2D eigenvalue weighted by Crippen LogP contribution is 2.71. The van der Waals surface area contributed by atoms with E-state index in [9.17, 15) is 20.4 Å². The predicted molar refractivity (Wildman–Crippen MR) is 71.4 cm³/mol. The van der Waals surface area contributed by atoms with Crippen molar-refractivity contribution in [3.63, 3.8) is 0 Å². The molecule has 1 unspecified atom stereocenters. The summed E-state index contributed by atoms with van der Waals surface area (Å²) in [6, 6.07) is 0. The van der Waals surface area contributed by atoms with Crippen LogP contribution in [0.15, 0.2) is 11.6 Å². The average molecular weight is 298 g/mol. The molecule has 2 aliphatic heterocycles. The molecule has 1 spiro atoms. The SMILES string of the molecule is CC1=C[C@H]2O[C@@H]3[C@H](O)[C@@H](O)[C@](C)([C@@]2(CO)CC1O)[C@]31CO1. The van der Waals surface area contributed by atoms with Crippen LogP contribution in [0.4, 0.5) is 0 Å². The Morgan fingerprint density at radius 3 is 2.57 bits per heavy atom. The predicted octanol–water partition coefficient (Wildman–Crippen LogP) is -1.05. The van der Waals surface area contributed by atoms with Gasteiger partial charge in [0.05, 0.1) is 31.5 Å². The van der Waals surface area contributed by atoms with Crippen molar-refractivity contribution in [1.29, 1.82) is 0 Å². The number of fused-ring (bicyclic) bond motifs is 2. The lowest BCUT2D eigenvalue weighted by Gasteiger charge is -2.58. The fourth-order valence-electron chi connectivity index (χ4n) is 5.06. The van der Waals surface area contributed by atoms with E-state index in [1.165, 1.54) is 0 Å². The molecule has 0 aromatic heterocycles. The molecule has 0 aromatic carbocycles. The van der Waals surface area contributed by atoms with Crippen LogP contribution in [-0.4, -0.2) is 69.8 Å². The molecule has 4 aliphatic rings. The summed E-state index contributed by atoms with van der Waals surface area (Å²) >= 11 is 0. The van der Waals surface area contributed by atoms with Crippen LogP contribution in [0, 0.1) is 10.8 Å². The van der Waals surface area contributed by atoms with Crippen LogP contribution >= 0.6 is 0 Å². The van der Waals surface area contributed by atoms with Gasteiger partial charge >= 0.3 is 0 Å². The van der Waals surface area contributed by atoms with Crippen molar-refractivity contribution in [2.45, 2.75) is 56.4 Å². The molecule has 4 rings (SSSR count). The van der Waals surface area contributed by atoms with Crippen molar-refractivity contribution in [3.8, 4) is 0 Å². The molecule has 2 aliphatic carbocycles. The summed E-state index contributed by atoms with van der Waals surface area (Å²) in [5.74, 6) is 0. The van der Waals surface area contributed by atoms with Gasteiger partial charge in [-0.1, -0.05) is 13.0 Å². The molecule has 2 saturated heterocycles. The Labute approximate surface area is 123 Å². The summed E-state index contributed by atoms with van der Waals surface area (Å²) in [5.41, 5.74) is -1.69. The zero-order valence-corrected chi connectivity index (χ0v) is 12.2. The monoisotopic (exact) mass is 298 g/mol. The third-order valence-electron chi connectivity index (χ3n) is 6.67. The van der Waals surface area contributed by atoms with Gasteiger partial charge in [-0.2, -0.15) is 0 Å². The minimum Gasteiger partial charge on any atom is -0.396 e. The normalized spacial score (nSPS) is 61.6. The second-order valence-electron chi connectivity index (χ2n) is 7.24. The summed E-state index contributed by atoms with van der Waals surface area (Å²) in [4.78, 5) is 0. The van der Waals surface area contributed by atoms with E-state index in [1.54, 1.807) is 0 Å². The number of hydrogen-bond acceptors (Lipinski definition) is 6. The van der Waals surface area contributed by atoms with Crippen LogP contribution in [0.25, 0.3) is 0 Å². The number of ether oxygens (including phenoxy) is 2. The van der Waals surface area contributed by atoms with E-state index >= 15 is 0 Å². The van der Waals surface area contributed by atoms with Gasteiger partial charge in [0.2, 0.25) is 0 Å². The topological polar surface area (TPSA) is 103 Å². The zero-order chi connectivity index (χ0) is 15.2. The molecule has 1 saturated carbocycles. The maximum atomic E-state index is 10.7. The van der Waals surface area contributed by atoms with Gasteiger partial charge in [-0.15, -0.1) is 0 Å². The summed E-state index contributed by atoms with van der Waals surface area (Å²) in [6.07, 6.45) is -1.72. The van der Waals surface area contributed by atoms with Crippen LogP contribution in [0.1, 0.15) is 20.3 Å². The Bertz CT molecular complexity index is 514. The van der Waals surface area contributed by atoms with Gasteiger partial charge in [-0.05, 0) is 18.9 Å². The van der Waals surface area contributed by atoms with E-state index in [1.807, 2.05) is 19.9 Å². The standard InChI is InChI=1S/C15H22O6/c1-7-3-9-14(5-16,4-8(7)17)13(2)11(19)10(18)12(21-9)15(13)6-20-15/h3,8-12,16-19H,4-6H2,1-2H3/t8?,9-,10-,11-,12-,13-,14-,15+/m1/s1. The molecule has 8 atom stereocenters. The molecule has 6 nitrogen and oxygen atoms in total. The van der Waals surface area contributed by atoms with Crippen molar-refractivity contribution in [2.24, 2.45) is 10.8 Å². The molecule has 0 aromatic rings. The van der Waals surface area contributed by atoms with Crippen LogP contribution in [0.3, 0.4) is 0 Å². The molecule has 2 heterocycles. The third kappa shape index (κ3) is 1.27. The van der Waals surface area contributed by atoms with E-state index in [0.717, 1.165) is 5.57 Å². The first-order chi connectivity index (χ1) is 9.84. The molecule has 4 N–H and O–H groups in total. The first-order valence-corrected chi connectivity index (χ1v) is 7.47. The number of aliphatic hydroxyl groups is 4. The van der Waals surface area contributed by atoms with Crippen molar-refractivity contribution in [1.82, 2.24) is 0 Å². The zero-order valence-electron chi connectivity index (χ0n) is 12.2. The maximum Gasteiger partial charge on any atom is 0.129 e. The van der Waals surface area contributed by atoms with E-state index < -0.39 is 47.0 Å². The average Bonchev–Trinajstić information content (AvgIpc) is 3.24. The highest BCUT2D eigenvalue weighted by Gasteiger charge is 2.84. The Balaban J connectivity index is 1.92. The summed E-state index contributed by atoms with van der Waals surface area (Å²) in [7, 11) is 0. The highest BCUT2D eigenvalue weighted by atomic mass is 16.6. The van der Waals surface area contributed by atoms with Gasteiger partial charge in [-0.25, -0.2) is 0 Å². The molecular formula is C15H22O6. The van der Waals surface area contributed by atoms with Crippen molar-refractivity contribution in [3.05, 3.63) is 11.6 Å². The van der Waals surface area contributed by atoms with E-state index in [0.29, 0.717) is 6.61 Å². The quantitative estimate of drug-likeness (QED) is 0.364. The summed E-state index contributed by atoms with van der Waals surface area (Å²) < 4.78 is 11.7. The lowest BCUT2D eigenvalue weighted by atomic mass is 9.51. The molecule has 2 bridgehead atoms. The molecular weight excluding hydrogens is 276 g/mol. The van der Waals surface area contributed by atoms with E-state index in [4.69, 9.17) is 9.47 Å². The molecule has 118 valence electrons. The van der Waals surface area contributed by atoms with Crippen LogP contribution in [0.2, 0.25) is 0 Å². The maximum absolute atomic E-state index is 10.7. The van der Waals surface area contributed by atoms with Gasteiger partial charge in [0.15, 0.2) is 0 Å². The van der Waals surface area contributed by atoms with Crippen LogP contribution in [-0.2, 0) is 9.47 Å². The van der Waals surface area contributed by atoms with Gasteiger partial charge in [-0.3, -0.25) is 0 Å². The number of hydrogen-bond donors (Lipinski definition) is 4. The third-order valence-corrected chi connectivity index (χ3v) is 6.67. The van der Waals surface area contributed by atoms with E-state index in [-0.39, 0.29) is 13.0 Å². The summed E-state index contributed by atoms with van der Waals surface area (Å²) in [6.45, 7) is 3.83. The number of epoxide rings is 1. The molecule has 0 radical (unpaired) electrons. The fourth-order valence-corrected chi connectivity index (χ4v) is 5.06. The number of aliphatic hydroxyl groups excluding tert-OH is 4. The van der Waals surface area contributed by atoms with E-state index in [2.05, 4.69) is 0 Å². The van der Waals surface area contributed by atoms with Crippen molar-refractivity contribution in [2.75, 3.05) is 13.2 Å². The summed E-state index contributed by atoms with van der Waals surface area (Å²) in [5, 5.41) is 41.5. The fraction of sp³-hybridized carbons (Fsp3) is 0.867. The second-order valence-corrected chi connectivity index (χ2v) is 7.24. The molecule has 0 amide bonds. The Morgan fingerprint density at radius 2 is 2.00 bits per heavy atom. The second kappa shape index (κ2) is 3.88. The number of rotatable bonds is 1. The Kier molecular flexibility index (Phi) is 2.60. The van der Waals surface area contributed by atoms with Crippen molar-refractivity contribution >= 4 is 0 Å². The van der Waals surface area contributed by atoms with Crippen LogP contribution in [0.5, 0.6) is 0 Å². The molecule has 21 heavy (non-hydrogen) atoms.